The smallest absolute Gasteiger partial charge is 0.407 e. The number of fused-ring (bicyclic) bond motifs is 3. The second-order valence-corrected chi connectivity index (χ2v) is 8.34. The number of piperidine rings is 1. The lowest BCUT2D eigenvalue weighted by Gasteiger charge is -2.30. The highest BCUT2D eigenvalue weighted by atomic mass is 35.5. The first-order valence-corrected chi connectivity index (χ1v) is 10.6. The molecule has 31 heavy (non-hydrogen) atoms. The van der Waals surface area contributed by atoms with Crippen LogP contribution in [0.15, 0.2) is 48.5 Å². The van der Waals surface area contributed by atoms with E-state index in [1.165, 1.54) is 0 Å². The molecule has 1 heterocycles. The lowest BCUT2D eigenvalue weighted by Crippen LogP contribution is -2.44. The van der Waals surface area contributed by atoms with Crippen LogP contribution in [0.3, 0.4) is 0 Å². The van der Waals surface area contributed by atoms with Crippen LogP contribution in [0, 0.1) is 5.92 Å². The fourth-order valence-electron chi connectivity index (χ4n) is 4.63. The molecule has 0 saturated carbocycles. The fourth-order valence-corrected chi connectivity index (χ4v) is 4.63. The first kappa shape index (κ1) is 23.1. The van der Waals surface area contributed by atoms with Crippen molar-refractivity contribution in [1.29, 1.82) is 0 Å². The Hall–Kier alpha value is -2.57. The lowest BCUT2D eigenvalue weighted by molar-refractivity contribution is -0.139. The van der Waals surface area contributed by atoms with E-state index < -0.39 is 18.1 Å². The van der Waals surface area contributed by atoms with Gasteiger partial charge in [-0.15, -0.1) is 12.4 Å². The largest absolute Gasteiger partial charge is 0.480 e. The van der Waals surface area contributed by atoms with Crippen LogP contribution in [0.2, 0.25) is 0 Å². The molecule has 0 bridgehead atoms. The standard InChI is InChI=1S/C24H28N2O4.ClH/c1-26-12-10-16(11-13-26)14-22(23(27)28)25-24(29)30-15-21-19-8-4-2-6-17(19)18-7-3-5-9-20(18)21;/h2-9,16,21-22H,10-15H2,1H3,(H,25,29)(H,27,28);1H/t22-;/m0./s1. The van der Waals surface area contributed by atoms with Gasteiger partial charge in [0.2, 0.25) is 0 Å². The van der Waals surface area contributed by atoms with Crippen LogP contribution in [0.25, 0.3) is 11.1 Å². The molecular formula is C24H29ClN2O4. The maximum atomic E-state index is 12.4. The van der Waals surface area contributed by atoms with E-state index in [0.717, 1.165) is 48.2 Å². The van der Waals surface area contributed by atoms with Gasteiger partial charge < -0.3 is 20.1 Å². The topological polar surface area (TPSA) is 78.9 Å². The maximum absolute atomic E-state index is 12.4. The number of alkyl carbamates (subject to hydrolysis) is 1. The molecule has 1 saturated heterocycles. The second kappa shape index (κ2) is 10.2. The van der Waals surface area contributed by atoms with E-state index in [4.69, 9.17) is 4.74 Å². The van der Waals surface area contributed by atoms with Crippen molar-refractivity contribution in [3.05, 3.63) is 59.7 Å². The molecule has 2 aromatic carbocycles. The number of aliphatic carboxylic acids is 1. The Balaban J connectivity index is 0.00000272. The summed E-state index contributed by atoms with van der Waals surface area (Å²) in [6.45, 7) is 2.10. The Kier molecular flexibility index (Phi) is 7.57. The number of ether oxygens (including phenoxy) is 1. The molecule has 0 spiro atoms. The van der Waals surface area contributed by atoms with Gasteiger partial charge in [0, 0.05) is 5.92 Å². The number of hydrogen-bond donors (Lipinski definition) is 2. The summed E-state index contributed by atoms with van der Waals surface area (Å²) in [6, 6.07) is 15.3. The van der Waals surface area contributed by atoms with Crippen LogP contribution >= 0.6 is 12.4 Å². The van der Waals surface area contributed by atoms with Gasteiger partial charge in [0.25, 0.3) is 0 Å². The molecule has 0 aromatic heterocycles. The van der Waals surface area contributed by atoms with Crippen LogP contribution in [0.5, 0.6) is 0 Å². The highest BCUT2D eigenvalue weighted by Crippen LogP contribution is 2.44. The third kappa shape index (κ3) is 5.20. The highest BCUT2D eigenvalue weighted by molar-refractivity contribution is 5.85. The predicted octanol–water partition coefficient (Wildman–Crippen LogP) is 4.13. The zero-order valence-corrected chi connectivity index (χ0v) is 18.4. The van der Waals surface area contributed by atoms with Crippen LogP contribution in [0.4, 0.5) is 4.79 Å². The number of nitrogens with one attached hydrogen (secondary N) is 1. The average Bonchev–Trinajstić information content (AvgIpc) is 3.07. The Bertz CT molecular complexity index is 882. The van der Waals surface area contributed by atoms with Gasteiger partial charge in [-0.3, -0.25) is 0 Å². The molecule has 0 unspecified atom stereocenters. The third-order valence-corrected chi connectivity index (χ3v) is 6.34. The van der Waals surface area contributed by atoms with Crippen molar-refractivity contribution in [2.45, 2.75) is 31.2 Å². The Morgan fingerprint density at radius 2 is 1.61 bits per heavy atom. The molecule has 1 amide bonds. The molecule has 6 nitrogen and oxygen atoms in total. The number of benzene rings is 2. The summed E-state index contributed by atoms with van der Waals surface area (Å²) in [4.78, 5) is 26.3. The summed E-state index contributed by atoms with van der Waals surface area (Å²) in [5.74, 6) is -0.751. The quantitative estimate of drug-likeness (QED) is 0.700. The monoisotopic (exact) mass is 444 g/mol. The van der Waals surface area contributed by atoms with Gasteiger partial charge in [-0.05, 0) is 67.6 Å². The number of halogens is 1. The minimum Gasteiger partial charge on any atom is -0.480 e. The number of carbonyl (C=O) groups is 2. The molecule has 166 valence electrons. The number of hydrogen-bond acceptors (Lipinski definition) is 4. The summed E-state index contributed by atoms with van der Waals surface area (Å²) < 4.78 is 5.50. The number of rotatable bonds is 6. The summed E-state index contributed by atoms with van der Waals surface area (Å²) in [6.07, 6.45) is 1.67. The minimum absolute atomic E-state index is 0. The third-order valence-electron chi connectivity index (χ3n) is 6.34. The zero-order valence-electron chi connectivity index (χ0n) is 17.6. The van der Waals surface area contributed by atoms with Gasteiger partial charge in [-0.1, -0.05) is 48.5 Å². The van der Waals surface area contributed by atoms with Crippen molar-refractivity contribution < 1.29 is 19.4 Å². The molecule has 0 radical (unpaired) electrons. The molecular weight excluding hydrogens is 416 g/mol. The minimum atomic E-state index is -1.01. The fraction of sp³-hybridized carbons (Fsp3) is 0.417. The molecule has 2 N–H and O–H groups in total. The van der Waals surface area contributed by atoms with E-state index >= 15 is 0 Å². The number of carboxylic acids is 1. The normalized spacial score (nSPS) is 17.2. The van der Waals surface area contributed by atoms with E-state index in [2.05, 4.69) is 41.5 Å². The molecule has 4 rings (SSSR count). The van der Waals surface area contributed by atoms with Gasteiger partial charge >= 0.3 is 12.1 Å². The molecule has 1 aliphatic carbocycles. The summed E-state index contributed by atoms with van der Waals surface area (Å²) in [5, 5.41) is 12.1. The number of nitrogens with zero attached hydrogens (tertiary/aromatic N) is 1. The van der Waals surface area contributed by atoms with Gasteiger partial charge in [-0.25, -0.2) is 9.59 Å². The van der Waals surface area contributed by atoms with Gasteiger partial charge in [0.15, 0.2) is 0 Å². The predicted molar refractivity (Wildman–Crippen MR) is 122 cm³/mol. The number of carbonyl (C=O) groups excluding carboxylic acids is 1. The van der Waals surface area contributed by atoms with Crippen molar-refractivity contribution in [1.82, 2.24) is 10.2 Å². The van der Waals surface area contributed by atoms with Crippen molar-refractivity contribution in [3.63, 3.8) is 0 Å². The molecule has 2 aliphatic rings. The van der Waals surface area contributed by atoms with Crippen LogP contribution in [-0.4, -0.2) is 54.9 Å². The van der Waals surface area contributed by atoms with Gasteiger partial charge in [0.1, 0.15) is 12.6 Å². The Morgan fingerprint density at radius 3 is 2.16 bits per heavy atom. The Labute approximate surface area is 189 Å². The SMILES string of the molecule is CN1CCC(C[C@H](NC(=O)OCC2c3ccccc3-c3ccccc32)C(=O)O)CC1.Cl. The molecule has 1 aliphatic heterocycles. The average molecular weight is 445 g/mol. The van der Waals surface area contributed by atoms with Crippen LogP contribution in [-0.2, 0) is 9.53 Å². The molecule has 1 fully saturated rings. The molecule has 7 heteroatoms. The van der Waals surface area contributed by atoms with E-state index in [1.807, 2.05) is 24.3 Å². The highest BCUT2D eigenvalue weighted by Gasteiger charge is 2.30. The van der Waals surface area contributed by atoms with Crippen LogP contribution in [0.1, 0.15) is 36.3 Å². The van der Waals surface area contributed by atoms with E-state index in [1.54, 1.807) is 0 Å². The number of carboxylic acid groups (broad SMARTS) is 1. The zero-order chi connectivity index (χ0) is 21.1. The molecule has 1 atom stereocenters. The lowest BCUT2D eigenvalue weighted by atomic mass is 9.90. The molecule has 2 aromatic rings. The van der Waals surface area contributed by atoms with Crippen molar-refractivity contribution in [2.24, 2.45) is 5.92 Å². The van der Waals surface area contributed by atoms with Crippen molar-refractivity contribution >= 4 is 24.5 Å². The maximum Gasteiger partial charge on any atom is 0.407 e. The van der Waals surface area contributed by atoms with Crippen molar-refractivity contribution in [2.75, 3.05) is 26.7 Å². The number of amides is 1. The summed E-state index contributed by atoms with van der Waals surface area (Å²) in [5.41, 5.74) is 4.58. The van der Waals surface area contributed by atoms with E-state index in [9.17, 15) is 14.7 Å². The first-order chi connectivity index (χ1) is 14.5. The van der Waals surface area contributed by atoms with Gasteiger partial charge in [0.05, 0.1) is 0 Å². The Morgan fingerprint density at radius 1 is 1.06 bits per heavy atom. The van der Waals surface area contributed by atoms with Crippen LogP contribution < -0.4 is 5.32 Å². The van der Waals surface area contributed by atoms with E-state index in [0.29, 0.717) is 12.3 Å². The van der Waals surface area contributed by atoms with Crippen molar-refractivity contribution in [3.8, 4) is 11.1 Å². The first-order valence-electron chi connectivity index (χ1n) is 10.6. The summed E-state index contributed by atoms with van der Waals surface area (Å²) >= 11 is 0. The number of likely N-dealkylation sites (tertiary alicyclic amines) is 1. The van der Waals surface area contributed by atoms with Gasteiger partial charge in [-0.2, -0.15) is 0 Å². The summed E-state index contributed by atoms with van der Waals surface area (Å²) in [7, 11) is 2.07. The second-order valence-electron chi connectivity index (χ2n) is 8.34. The van der Waals surface area contributed by atoms with E-state index in [-0.39, 0.29) is 24.9 Å².